The Bertz CT molecular complexity index is 287. The molecule has 1 aromatic rings. The van der Waals surface area contributed by atoms with Crippen LogP contribution in [-0.2, 0) is 6.42 Å². The van der Waals surface area contributed by atoms with E-state index < -0.39 is 0 Å². The van der Waals surface area contributed by atoms with Crippen LogP contribution in [0.5, 0.6) is 0 Å². The predicted octanol–water partition coefficient (Wildman–Crippen LogP) is 1.56. The minimum atomic E-state index is 0.707. The maximum atomic E-state index is 5.43. The third-order valence-corrected chi connectivity index (χ3v) is 1.66. The van der Waals surface area contributed by atoms with Gasteiger partial charge in [-0.2, -0.15) is 0 Å². The molecule has 1 rings (SSSR count). The Kier molecular flexibility index (Phi) is 3.37. The SMILES string of the molecule is CC#Cc1ccc(CCN)cc1. The molecule has 0 unspecified atom stereocenters. The standard InChI is InChI=1S/C11H13N/c1-2-3-10-4-6-11(7-5-10)8-9-12/h4-7H,8-9,12H2,1H3. The van der Waals surface area contributed by atoms with E-state index in [1.54, 1.807) is 0 Å². The van der Waals surface area contributed by atoms with Gasteiger partial charge in [0.25, 0.3) is 0 Å². The lowest BCUT2D eigenvalue weighted by Crippen LogP contribution is -2.02. The molecule has 62 valence electrons. The molecule has 2 N–H and O–H groups in total. The number of hydrogen-bond acceptors (Lipinski definition) is 1. The van der Waals surface area contributed by atoms with Gasteiger partial charge in [0.15, 0.2) is 0 Å². The van der Waals surface area contributed by atoms with Crippen molar-refractivity contribution < 1.29 is 0 Å². The van der Waals surface area contributed by atoms with E-state index in [1.807, 2.05) is 19.1 Å². The molecular weight excluding hydrogens is 146 g/mol. The third-order valence-electron chi connectivity index (χ3n) is 1.66. The van der Waals surface area contributed by atoms with E-state index in [4.69, 9.17) is 5.73 Å². The van der Waals surface area contributed by atoms with Crippen LogP contribution < -0.4 is 5.73 Å². The van der Waals surface area contributed by atoms with E-state index in [1.165, 1.54) is 5.56 Å². The van der Waals surface area contributed by atoms with Crippen molar-refractivity contribution in [2.75, 3.05) is 6.54 Å². The van der Waals surface area contributed by atoms with Gasteiger partial charge in [-0.15, -0.1) is 5.92 Å². The molecule has 0 aliphatic heterocycles. The van der Waals surface area contributed by atoms with Crippen LogP contribution in [0, 0.1) is 11.8 Å². The highest BCUT2D eigenvalue weighted by Crippen LogP contribution is 2.02. The van der Waals surface area contributed by atoms with Gasteiger partial charge >= 0.3 is 0 Å². The van der Waals surface area contributed by atoms with Crippen molar-refractivity contribution in [3.05, 3.63) is 35.4 Å². The van der Waals surface area contributed by atoms with Crippen molar-refractivity contribution in [1.29, 1.82) is 0 Å². The molecule has 0 radical (unpaired) electrons. The summed E-state index contributed by atoms with van der Waals surface area (Å²) in [5, 5.41) is 0. The zero-order chi connectivity index (χ0) is 8.81. The average Bonchev–Trinajstić information content (AvgIpc) is 2.09. The summed E-state index contributed by atoms with van der Waals surface area (Å²) in [6.45, 7) is 2.55. The van der Waals surface area contributed by atoms with E-state index in [2.05, 4.69) is 24.0 Å². The topological polar surface area (TPSA) is 26.0 Å². The summed E-state index contributed by atoms with van der Waals surface area (Å²) in [5.74, 6) is 5.86. The van der Waals surface area contributed by atoms with Crippen molar-refractivity contribution in [2.24, 2.45) is 5.73 Å². The molecule has 0 saturated carbocycles. The summed E-state index contributed by atoms with van der Waals surface area (Å²) in [5.41, 5.74) is 7.77. The second-order valence-electron chi connectivity index (χ2n) is 2.61. The van der Waals surface area contributed by atoms with Crippen molar-refractivity contribution in [2.45, 2.75) is 13.3 Å². The summed E-state index contributed by atoms with van der Waals surface area (Å²) in [7, 11) is 0. The second kappa shape index (κ2) is 4.58. The van der Waals surface area contributed by atoms with Gasteiger partial charge in [0.1, 0.15) is 0 Å². The molecule has 1 aromatic carbocycles. The lowest BCUT2D eigenvalue weighted by Gasteiger charge is -1.97. The molecule has 0 atom stereocenters. The average molecular weight is 159 g/mol. The van der Waals surface area contributed by atoms with Crippen LogP contribution in [-0.4, -0.2) is 6.54 Å². The van der Waals surface area contributed by atoms with E-state index in [0.29, 0.717) is 6.54 Å². The lowest BCUT2D eigenvalue weighted by atomic mass is 10.1. The molecule has 0 aliphatic carbocycles. The first-order chi connectivity index (χ1) is 5.86. The van der Waals surface area contributed by atoms with Gasteiger partial charge in [-0.25, -0.2) is 0 Å². The number of benzene rings is 1. The third kappa shape index (κ3) is 2.41. The van der Waals surface area contributed by atoms with Crippen LogP contribution in [0.3, 0.4) is 0 Å². The van der Waals surface area contributed by atoms with E-state index in [-0.39, 0.29) is 0 Å². The Balaban J connectivity index is 2.76. The maximum Gasteiger partial charge on any atom is 0.0245 e. The fourth-order valence-electron chi connectivity index (χ4n) is 1.07. The summed E-state index contributed by atoms with van der Waals surface area (Å²) in [4.78, 5) is 0. The van der Waals surface area contributed by atoms with Crippen molar-refractivity contribution in [3.8, 4) is 11.8 Å². The summed E-state index contributed by atoms with van der Waals surface area (Å²) in [6.07, 6.45) is 0.944. The number of rotatable bonds is 2. The van der Waals surface area contributed by atoms with Crippen molar-refractivity contribution in [1.82, 2.24) is 0 Å². The molecule has 0 amide bonds. The Hall–Kier alpha value is -1.26. The first-order valence-electron chi connectivity index (χ1n) is 4.08. The summed E-state index contributed by atoms with van der Waals surface area (Å²) in [6, 6.07) is 8.21. The van der Waals surface area contributed by atoms with Crippen LogP contribution >= 0.6 is 0 Å². The van der Waals surface area contributed by atoms with Gasteiger partial charge in [-0.05, 0) is 37.6 Å². The largest absolute Gasteiger partial charge is 0.330 e. The van der Waals surface area contributed by atoms with Crippen molar-refractivity contribution >= 4 is 0 Å². The normalized spacial score (nSPS) is 8.83. The summed E-state index contributed by atoms with van der Waals surface area (Å²) < 4.78 is 0. The quantitative estimate of drug-likeness (QED) is 0.651. The molecule has 12 heavy (non-hydrogen) atoms. The first kappa shape index (κ1) is 8.83. The minimum Gasteiger partial charge on any atom is -0.330 e. The van der Waals surface area contributed by atoms with Crippen LogP contribution in [0.4, 0.5) is 0 Å². The van der Waals surface area contributed by atoms with Gasteiger partial charge < -0.3 is 5.73 Å². The lowest BCUT2D eigenvalue weighted by molar-refractivity contribution is 0.969. The molecular formula is C11H13N. The zero-order valence-electron chi connectivity index (χ0n) is 7.30. The van der Waals surface area contributed by atoms with Gasteiger partial charge in [-0.3, -0.25) is 0 Å². The van der Waals surface area contributed by atoms with E-state index in [0.717, 1.165) is 12.0 Å². The van der Waals surface area contributed by atoms with Gasteiger partial charge in [-0.1, -0.05) is 18.1 Å². The highest BCUT2D eigenvalue weighted by molar-refractivity contribution is 5.35. The minimum absolute atomic E-state index is 0.707. The maximum absolute atomic E-state index is 5.43. The zero-order valence-corrected chi connectivity index (χ0v) is 7.30. The van der Waals surface area contributed by atoms with Crippen LogP contribution in [0.1, 0.15) is 18.1 Å². The van der Waals surface area contributed by atoms with Crippen LogP contribution in [0.2, 0.25) is 0 Å². The predicted molar refractivity (Wildman–Crippen MR) is 51.8 cm³/mol. The Morgan fingerprint density at radius 1 is 1.25 bits per heavy atom. The molecule has 1 heteroatoms. The molecule has 0 aliphatic rings. The second-order valence-corrected chi connectivity index (χ2v) is 2.61. The fraction of sp³-hybridized carbons (Fsp3) is 0.273. The van der Waals surface area contributed by atoms with Crippen LogP contribution in [0.25, 0.3) is 0 Å². The fourth-order valence-corrected chi connectivity index (χ4v) is 1.07. The molecule has 1 nitrogen and oxygen atoms in total. The highest BCUT2D eigenvalue weighted by Gasteiger charge is 1.90. The monoisotopic (exact) mass is 159 g/mol. The molecule has 0 aromatic heterocycles. The van der Waals surface area contributed by atoms with Gasteiger partial charge in [0, 0.05) is 5.56 Å². The smallest absolute Gasteiger partial charge is 0.0245 e. The van der Waals surface area contributed by atoms with Crippen molar-refractivity contribution in [3.63, 3.8) is 0 Å². The molecule has 0 bridgehead atoms. The molecule has 0 heterocycles. The van der Waals surface area contributed by atoms with Gasteiger partial charge in [0.05, 0.1) is 0 Å². The van der Waals surface area contributed by atoms with E-state index >= 15 is 0 Å². The molecule has 0 saturated heterocycles. The van der Waals surface area contributed by atoms with Crippen LogP contribution in [0.15, 0.2) is 24.3 Å². The molecule has 0 fully saturated rings. The Morgan fingerprint density at radius 2 is 1.92 bits per heavy atom. The van der Waals surface area contributed by atoms with E-state index in [9.17, 15) is 0 Å². The first-order valence-corrected chi connectivity index (χ1v) is 4.08. The van der Waals surface area contributed by atoms with Gasteiger partial charge in [0.2, 0.25) is 0 Å². The molecule has 0 spiro atoms. The highest BCUT2D eigenvalue weighted by atomic mass is 14.5. The Labute approximate surface area is 73.6 Å². The Morgan fingerprint density at radius 3 is 2.42 bits per heavy atom. The summed E-state index contributed by atoms with van der Waals surface area (Å²) >= 11 is 0. The number of nitrogens with two attached hydrogens (primary N) is 1. The number of hydrogen-bond donors (Lipinski definition) is 1.